The van der Waals surface area contributed by atoms with Crippen molar-refractivity contribution in [3.05, 3.63) is 59.4 Å². The van der Waals surface area contributed by atoms with Gasteiger partial charge in [0.25, 0.3) is 0 Å². The van der Waals surface area contributed by atoms with Crippen LogP contribution in [0.15, 0.2) is 42.5 Å². The van der Waals surface area contributed by atoms with Gasteiger partial charge in [-0.05, 0) is 55.3 Å². The van der Waals surface area contributed by atoms with Gasteiger partial charge in [0, 0.05) is 24.3 Å². The van der Waals surface area contributed by atoms with Gasteiger partial charge in [-0.3, -0.25) is 4.79 Å². The van der Waals surface area contributed by atoms with Gasteiger partial charge < -0.3 is 15.5 Å². The molecule has 2 aromatic carbocycles. The molecule has 0 bridgehead atoms. The van der Waals surface area contributed by atoms with Crippen molar-refractivity contribution < 1.29 is 14.0 Å². The number of urea groups is 1. The smallest absolute Gasteiger partial charge is 0.319 e. The van der Waals surface area contributed by atoms with Crippen LogP contribution >= 0.6 is 0 Å². The Morgan fingerprint density at radius 2 is 1.88 bits per heavy atom. The molecule has 1 atom stereocenters. The highest BCUT2D eigenvalue weighted by atomic mass is 19.1. The maximum atomic E-state index is 13.0. The monoisotopic (exact) mass is 341 g/mol. The van der Waals surface area contributed by atoms with E-state index in [2.05, 4.69) is 10.6 Å². The zero-order chi connectivity index (χ0) is 18.0. The van der Waals surface area contributed by atoms with Crippen molar-refractivity contribution in [3.8, 4) is 0 Å². The third-order valence-corrected chi connectivity index (χ3v) is 4.45. The Balaban J connectivity index is 1.62. The molecule has 0 aromatic heterocycles. The molecule has 1 heterocycles. The molecule has 130 valence electrons. The number of hydrogen-bond donors (Lipinski definition) is 2. The highest BCUT2D eigenvalue weighted by Gasteiger charge is 2.31. The number of carbonyl (C=O) groups excluding carboxylic acids is 2. The number of halogens is 1. The maximum absolute atomic E-state index is 13.0. The highest BCUT2D eigenvalue weighted by molar-refractivity contribution is 5.97. The van der Waals surface area contributed by atoms with Crippen LogP contribution in [0.1, 0.15) is 17.5 Å². The number of hydrogen-bond acceptors (Lipinski definition) is 2. The normalized spacial score (nSPS) is 16.8. The lowest BCUT2D eigenvalue weighted by Gasteiger charge is -2.18. The molecule has 2 N–H and O–H groups in total. The summed E-state index contributed by atoms with van der Waals surface area (Å²) in [5, 5.41) is 5.65. The molecule has 0 radical (unpaired) electrons. The third-order valence-electron chi connectivity index (χ3n) is 4.45. The first kappa shape index (κ1) is 17.0. The molecule has 3 rings (SSSR count). The summed E-state index contributed by atoms with van der Waals surface area (Å²) in [6.07, 6.45) is 0.220. The fourth-order valence-corrected chi connectivity index (χ4v) is 2.91. The number of benzene rings is 2. The summed E-state index contributed by atoms with van der Waals surface area (Å²) in [6.45, 7) is 4.29. The number of anilines is 2. The molecule has 1 aliphatic heterocycles. The summed E-state index contributed by atoms with van der Waals surface area (Å²) in [5.74, 6) is -0.443. The molecule has 3 amide bonds. The number of aryl methyl sites for hydroxylation is 1. The van der Waals surface area contributed by atoms with E-state index in [9.17, 15) is 14.0 Å². The zero-order valence-electron chi connectivity index (χ0n) is 14.2. The van der Waals surface area contributed by atoms with Crippen molar-refractivity contribution in [3.63, 3.8) is 0 Å². The maximum Gasteiger partial charge on any atom is 0.319 e. The molecule has 1 fully saturated rings. The molecular formula is C19H20FN3O2. The van der Waals surface area contributed by atoms with Crippen LogP contribution in [0.25, 0.3) is 0 Å². The Bertz CT molecular complexity index is 805. The summed E-state index contributed by atoms with van der Waals surface area (Å²) in [4.78, 5) is 26.0. The largest absolute Gasteiger partial charge is 0.333 e. The van der Waals surface area contributed by atoms with Crippen LogP contribution in [-0.2, 0) is 4.79 Å². The Kier molecular flexibility index (Phi) is 4.70. The van der Waals surface area contributed by atoms with E-state index in [1.807, 2.05) is 32.0 Å². The lowest BCUT2D eigenvalue weighted by molar-refractivity contribution is -0.117. The Morgan fingerprint density at radius 1 is 1.16 bits per heavy atom. The number of nitrogens with one attached hydrogen (secondary N) is 2. The first-order valence-corrected chi connectivity index (χ1v) is 8.13. The molecule has 1 aliphatic rings. The fraction of sp³-hybridized carbons (Fsp3) is 0.263. The Hall–Kier alpha value is -2.89. The molecule has 5 nitrogen and oxygen atoms in total. The summed E-state index contributed by atoms with van der Waals surface area (Å²) >= 11 is 0. The quantitative estimate of drug-likeness (QED) is 0.899. The van der Waals surface area contributed by atoms with E-state index in [1.54, 1.807) is 17.0 Å². The number of rotatable bonds is 3. The third kappa shape index (κ3) is 3.79. The van der Waals surface area contributed by atoms with Gasteiger partial charge in [-0.15, -0.1) is 0 Å². The van der Waals surface area contributed by atoms with Crippen molar-refractivity contribution in [2.75, 3.05) is 16.8 Å². The van der Waals surface area contributed by atoms with Gasteiger partial charge in [-0.25, -0.2) is 9.18 Å². The van der Waals surface area contributed by atoms with Crippen LogP contribution < -0.4 is 15.5 Å². The highest BCUT2D eigenvalue weighted by Crippen LogP contribution is 2.22. The van der Waals surface area contributed by atoms with E-state index in [0.29, 0.717) is 12.2 Å². The van der Waals surface area contributed by atoms with Gasteiger partial charge in [0.05, 0.1) is 6.04 Å². The zero-order valence-corrected chi connectivity index (χ0v) is 14.2. The Morgan fingerprint density at radius 3 is 2.60 bits per heavy atom. The number of amides is 3. The lowest BCUT2D eigenvalue weighted by Crippen LogP contribution is -2.39. The fourth-order valence-electron chi connectivity index (χ4n) is 2.91. The second kappa shape index (κ2) is 6.93. The van der Waals surface area contributed by atoms with Crippen molar-refractivity contribution in [1.82, 2.24) is 5.32 Å². The molecule has 2 aromatic rings. The van der Waals surface area contributed by atoms with Gasteiger partial charge >= 0.3 is 6.03 Å². The van der Waals surface area contributed by atoms with Gasteiger partial charge in [0.1, 0.15) is 5.82 Å². The van der Waals surface area contributed by atoms with Crippen LogP contribution in [0.4, 0.5) is 20.6 Å². The average Bonchev–Trinajstić information content (AvgIpc) is 2.93. The van der Waals surface area contributed by atoms with Crippen molar-refractivity contribution in [2.24, 2.45) is 0 Å². The molecule has 0 aliphatic carbocycles. The second-order valence-electron chi connectivity index (χ2n) is 6.23. The van der Waals surface area contributed by atoms with Crippen LogP contribution in [0.2, 0.25) is 0 Å². The minimum atomic E-state index is -0.349. The van der Waals surface area contributed by atoms with E-state index in [4.69, 9.17) is 0 Å². The van der Waals surface area contributed by atoms with E-state index in [-0.39, 0.29) is 30.2 Å². The first-order chi connectivity index (χ1) is 11.9. The van der Waals surface area contributed by atoms with Crippen LogP contribution in [-0.4, -0.2) is 24.5 Å². The molecular weight excluding hydrogens is 321 g/mol. The minimum absolute atomic E-state index is 0.0938. The molecule has 1 saturated heterocycles. The summed E-state index contributed by atoms with van der Waals surface area (Å²) < 4.78 is 13.0. The van der Waals surface area contributed by atoms with Gasteiger partial charge in [-0.2, -0.15) is 0 Å². The van der Waals surface area contributed by atoms with Crippen molar-refractivity contribution in [1.29, 1.82) is 0 Å². The van der Waals surface area contributed by atoms with Crippen molar-refractivity contribution >= 4 is 23.3 Å². The van der Waals surface area contributed by atoms with E-state index in [1.165, 1.54) is 12.1 Å². The topological polar surface area (TPSA) is 61.4 Å². The van der Waals surface area contributed by atoms with Crippen LogP contribution in [0.3, 0.4) is 0 Å². The number of nitrogens with zero attached hydrogens (tertiary/aromatic N) is 1. The second-order valence-corrected chi connectivity index (χ2v) is 6.23. The predicted octanol–water partition coefficient (Wildman–Crippen LogP) is 3.37. The van der Waals surface area contributed by atoms with Gasteiger partial charge in [0.15, 0.2) is 0 Å². The molecule has 25 heavy (non-hydrogen) atoms. The van der Waals surface area contributed by atoms with E-state index < -0.39 is 0 Å². The first-order valence-electron chi connectivity index (χ1n) is 8.13. The standard InChI is InChI=1S/C19H20FN3O2/c1-12-4-3-5-17(13(12)2)22-19(25)21-15-10-18(24)23(11-15)16-8-6-14(20)7-9-16/h3-9,15H,10-11H2,1-2H3,(H2,21,22,25)/t15-/m1/s1. The molecule has 0 unspecified atom stereocenters. The summed E-state index contributed by atoms with van der Waals surface area (Å²) in [7, 11) is 0. The van der Waals surface area contributed by atoms with Gasteiger partial charge in [0.2, 0.25) is 5.91 Å². The van der Waals surface area contributed by atoms with Gasteiger partial charge in [-0.1, -0.05) is 12.1 Å². The SMILES string of the molecule is Cc1cccc(NC(=O)N[C@@H]2CC(=O)N(c3ccc(F)cc3)C2)c1C. The van der Waals surface area contributed by atoms with E-state index >= 15 is 0 Å². The lowest BCUT2D eigenvalue weighted by atomic mass is 10.1. The van der Waals surface area contributed by atoms with Crippen molar-refractivity contribution in [2.45, 2.75) is 26.3 Å². The number of carbonyl (C=O) groups is 2. The predicted molar refractivity (Wildman–Crippen MR) is 95.2 cm³/mol. The minimum Gasteiger partial charge on any atom is -0.333 e. The van der Waals surface area contributed by atoms with Crippen LogP contribution in [0.5, 0.6) is 0 Å². The van der Waals surface area contributed by atoms with Crippen LogP contribution in [0, 0.1) is 19.7 Å². The summed E-state index contributed by atoms with van der Waals surface area (Å²) in [5.41, 5.74) is 3.48. The molecule has 0 spiro atoms. The Labute approximate surface area is 145 Å². The average molecular weight is 341 g/mol. The van der Waals surface area contributed by atoms with E-state index in [0.717, 1.165) is 16.8 Å². The summed E-state index contributed by atoms with van der Waals surface area (Å²) in [6, 6.07) is 10.8. The molecule has 6 heteroatoms. The molecule has 0 saturated carbocycles.